The SMILES string of the molecule is CCCCC(C)[C@@H](CC(=O)O)c1ccc(OC)cc1. The van der Waals surface area contributed by atoms with Crippen molar-refractivity contribution in [2.45, 2.75) is 45.4 Å². The molecule has 1 rings (SSSR count). The average molecular weight is 264 g/mol. The van der Waals surface area contributed by atoms with Crippen molar-refractivity contribution in [3.63, 3.8) is 0 Å². The van der Waals surface area contributed by atoms with Crippen molar-refractivity contribution >= 4 is 5.97 Å². The number of aliphatic carboxylic acids is 1. The maximum atomic E-state index is 11.1. The summed E-state index contributed by atoms with van der Waals surface area (Å²) in [5.41, 5.74) is 1.09. The molecular formula is C16H24O3. The summed E-state index contributed by atoms with van der Waals surface area (Å²) in [6.45, 7) is 4.31. The van der Waals surface area contributed by atoms with Crippen LogP contribution in [0.15, 0.2) is 24.3 Å². The van der Waals surface area contributed by atoms with E-state index < -0.39 is 5.97 Å². The second-order valence-electron chi connectivity index (χ2n) is 5.10. The van der Waals surface area contributed by atoms with E-state index in [1.54, 1.807) is 7.11 Å². The number of carboxylic acids is 1. The zero-order chi connectivity index (χ0) is 14.3. The van der Waals surface area contributed by atoms with Gasteiger partial charge in [0.25, 0.3) is 0 Å². The van der Waals surface area contributed by atoms with Crippen LogP contribution < -0.4 is 4.74 Å². The highest BCUT2D eigenvalue weighted by Gasteiger charge is 2.22. The standard InChI is InChI=1S/C16H24O3/c1-4-5-6-12(2)15(11-16(17)18)13-7-9-14(19-3)10-8-13/h7-10,12,15H,4-6,11H2,1-3H3,(H,17,18)/t12?,15-/m1/s1. The molecule has 3 heteroatoms. The Morgan fingerprint density at radius 2 is 1.95 bits per heavy atom. The zero-order valence-electron chi connectivity index (χ0n) is 12.1. The van der Waals surface area contributed by atoms with Crippen molar-refractivity contribution in [2.24, 2.45) is 5.92 Å². The van der Waals surface area contributed by atoms with Crippen molar-refractivity contribution in [2.75, 3.05) is 7.11 Å². The summed E-state index contributed by atoms with van der Waals surface area (Å²) in [4.78, 5) is 11.1. The minimum atomic E-state index is -0.732. The monoisotopic (exact) mass is 264 g/mol. The number of rotatable bonds is 8. The molecule has 2 atom stereocenters. The first-order chi connectivity index (χ1) is 9.08. The molecule has 0 fully saturated rings. The van der Waals surface area contributed by atoms with E-state index in [4.69, 9.17) is 9.84 Å². The minimum absolute atomic E-state index is 0.0787. The summed E-state index contributed by atoms with van der Waals surface area (Å²) in [6, 6.07) is 7.76. The number of hydrogen-bond donors (Lipinski definition) is 1. The average Bonchev–Trinajstić information content (AvgIpc) is 2.42. The van der Waals surface area contributed by atoms with E-state index in [1.807, 2.05) is 24.3 Å². The van der Waals surface area contributed by atoms with Gasteiger partial charge in [-0.3, -0.25) is 4.79 Å². The maximum Gasteiger partial charge on any atom is 0.303 e. The van der Waals surface area contributed by atoms with Gasteiger partial charge >= 0.3 is 5.97 Å². The Morgan fingerprint density at radius 3 is 2.42 bits per heavy atom. The molecule has 0 spiro atoms. The quantitative estimate of drug-likeness (QED) is 0.769. The van der Waals surface area contributed by atoms with Crippen LogP contribution in [0.2, 0.25) is 0 Å². The van der Waals surface area contributed by atoms with Gasteiger partial charge in [0.2, 0.25) is 0 Å². The van der Waals surface area contributed by atoms with E-state index >= 15 is 0 Å². The molecule has 3 nitrogen and oxygen atoms in total. The summed E-state index contributed by atoms with van der Waals surface area (Å²) in [7, 11) is 1.63. The van der Waals surface area contributed by atoms with Crippen molar-refractivity contribution in [1.29, 1.82) is 0 Å². The van der Waals surface area contributed by atoms with Gasteiger partial charge in [-0.15, -0.1) is 0 Å². The Labute approximate surface area is 115 Å². The Morgan fingerprint density at radius 1 is 1.32 bits per heavy atom. The fourth-order valence-electron chi connectivity index (χ4n) is 2.41. The molecule has 1 aromatic rings. The number of carboxylic acid groups (broad SMARTS) is 1. The lowest BCUT2D eigenvalue weighted by atomic mass is 9.82. The van der Waals surface area contributed by atoms with Gasteiger partial charge in [-0.1, -0.05) is 45.2 Å². The molecule has 0 aromatic heterocycles. The number of methoxy groups -OCH3 is 1. The molecular weight excluding hydrogens is 240 g/mol. The molecule has 1 aromatic carbocycles. The number of hydrogen-bond acceptors (Lipinski definition) is 2. The predicted octanol–water partition coefficient (Wildman–Crippen LogP) is 4.08. The summed E-state index contributed by atoms with van der Waals surface area (Å²) >= 11 is 0. The minimum Gasteiger partial charge on any atom is -0.497 e. The normalized spacial score (nSPS) is 13.8. The van der Waals surface area contributed by atoms with Crippen LogP contribution >= 0.6 is 0 Å². The highest BCUT2D eigenvalue weighted by molar-refractivity contribution is 5.68. The lowest BCUT2D eigenvalue weighted by Crippen LogP contribution is -2.14. The van der Waals surface area contributed by atoms with Gasteiger partial charge in [0, 0.05) is 0 Å². The lowest BCUT2D eigenvalue weighted by molar-refractivity contribution is -0.137. The highest BCUT2D eigenvalue weighted by atomic mass is 16.5. The molecule has 0 radical (unpaired) electrons. The van der Waals surface area contributed by atoms with Crippen LogP contribution in [0, 0.1) is 5.92 Å². The smallest absolute Gasteiger partial charge is 0.303 e. The van der Waals surface area contributed by atoms with Gasteiger partial charge in [-0.05, 0) is 29.5 Å². The predicted molar refractivity (Wildman–Crippen MR) is 76.7 cm³/mol. The molecule has 0 aliphatic rings. The molecule has 0 bridgehead atoms. The Hall–Kier alpha value is -1.51. The second-order valence-corrected chi connectivity index (χ2v) is 5.10. The summed E-state index contributed by atoms with van der Waals surface area (Å²) in [5, 5.41) is 9.10. The third-order valence-electron chi connectivity index (χ3n) is 3.64. The summed E-state index contributed by atoms with van der Waals surface area (Å²) in [5.74, 6) is 0.530. The lowest BCUT2D eigenvalue weighted by Gasteiger charge is -2.23. The van der Waals surface area contributed by atoms with Crippen molar-refractivity contribution in [3.05, 3.63) is 29.8 Å². The van der Waals surface area contributed by atoms with Crippen LogP contribution in [0.1, 0.15) is 51.0 Å². The van der Waals surface area contributed by atoms with Crippen LogP contribution in [0.3, 0.4) is 0 Å². The topological polar surface area (TPSA) is 46.5 Å². The third kappa shape index (κ3) is 4.93. The van der Waals surface area contributed by atoms with E-state index in [2.05, 4.69) is 13.8 Å². The van der Waals surface area contributed by atoms with E-state index in [9.17, 15) is 4.79 Å². The second kappa shape index (κ2) is 7.82. The Balaban J connectivity index is 2.84. The highest BCUT2D eigenvalue weighted by Crippen LogP contribution is 2.32. The largest absolute Gasteiger partial charge is 0.497 e. The molecule has 0 heterocycles. The number of carbonyl (C=O) groups is 1. The Bertz CT molecular complexity index is 383. The van der Waals surface area contributed by atoms with Crippen LogP contribution in [0.25, 0.3) is 0 Å². The first-order valence-electron chi connectivity index (χ1n) is 6.94. The van der Waals surface area contributed by atoms with Gasteiger partial charge in [-0.2, -0.15) is 0 Å². The molecule has 1 unspecified atom stereocenters. The third-order valence-corrected chi connectivity index (χ3v) is 3.64. The van der Waals surface area contributed by atoms with E-state index in [0.29, 0.717) is 5.92 Å². The number of ether oxygens (including phenoxy) is 1. The van der Waals surface area contributed by atoms with Gasteiger partial charge < -0.3 is 9.84 Å². The van der Waals surface area contributed by atoms with E-state index in [0.717, 1.165) is 30.6 Å². The molecule has 106 valence electrons. The molecule has 0 saturated heterocycles. The maximum absolute atomic E-state index is 11.1. The molecule has 0 amide bonds. The fraction of sp³-hybridized carbons (Fsp3) is 0.562. The Kier molecular flexibility index (Phi) is 6.40. The van der Waals surface area contributed by atoms with Crippen molar-refractivity contribution in [1.82, 2.24) is 0 Å². The first-order valence-corrected chi connectivity index (χ1v) is 6.94. The molecule has 0 saturated carbocycles. The van der Waals surface area contributed by atoms with Crippen molar-refractivity contribution in [3.8, 4) is 5.75 Å². The number of benzene rings is 1. The van der Waals surface area contributed by atoms with Gasteiger partial charge in [0.1, 0.15) is 5.75 Å². The number of unbranched alkanes of at least 4 members (excludes halogenated alkanes) is 1. The van der Waals surface area contributed by atoms with Crippen molar-refractivity contribution < 1.29 is 14.6 Å². The molecule has 1 N–H and O–H groups in total. The van der Waals surface area contributed by atoms with Gasteiger partial charge in [-0.25, -0.2) is 0 Å². The molecule has 0 aliphatic carbocycles. The van der Waals surface area contributed by atoms with Crippen LogP contribution in [0.4, 0.5) is 0 Å². The summed E-state index contributed by atoms with van der Waals surface area (Å²) in [6.07, 6.45) is 3.55. The van der Waals surface area contributed by atoms with Crippen LogP contribution in [-0.4, -0.2) is 18.2 Å². The summed E-state index contributed by atoms with van der Waals surface area (Å²) < 4.78 is 5.14. The molecule has 19 heavy (non-hydrogen) atoms. The fourth-order valence-corrected chi connectivity index (χ4v) is 2.41. The zero-order valence-corrected chi connectivity index (χ0v) is 12.1. The molecule has 0 aliphatic heterocycles. The van der Waals surface area contributed by atoms with Crippen LogP contribution in [0.5, 0.6) is 5.75 Å². The van der Waals surface area contributed by atoms with Gasteiger partial charge in [0.05, 0.1) is 13.5 Å². The van der Waals surface area contributed by atoms with E-state index in [-0.39, 0.29) is 12.3 Å². The van der Waals surface area contributed by atoms with Crippen LogP contribution in [-0.2, 0) is 4.79 Å². The van der Waals surface area contributed by atoms with E-state index in [1.165, 1.54) is 0 Å². The van der Waals surface area contributed by atoms with Gasteiger partial charge in [0.15, 0.2) is 0 Å². The first kappa shape index (κ1) is 15.5.